The summed E-state index contributed by atoms with van der Waals surface area (Å²) in [6.07, 6.45) is 6.67. The molecule has 6 rings (SSSR count). The SMILES string of the molecule is COc1cc2c(c(OC)c1OC)-c1ccc(OC)c(=O)cc1[C@@H](NC(C)=O)CC2.OC(Cn1cncn1)(Cn1cncn1)c1ccc(F)cc1F. The number of nitrogens with zero attached hydrogens (tertiary/aromatic N) is 6. The van der Waals surface area contributed by atoms with Gasteiger partial charge in [0.15, 0.2) is 17.2 Å². The first-order chi connectivity index (χ1) is 24.5. The van der Waals surface area contributed by atoms with Crippen molar-refractivity contribution < 1.29 is 37.6 Å². The van der Waals surface area contributed by atoms with E-state index in [0.29, 0.717) is 35.7 Å². The molecule has 1 aliphatic carbocycles. The Balaban J connectivity index is 0.000000205. The summed E-state index contributed by atoms with van der Waals surface area (Å²) in [4.78, 5) is 32.1. The Labute approximate surface area is 291 Å². The fourth-order valence-corrected chi connectivity index (χ4v) is 6.11. The highest BCUT2D eigenvalue weighted by Crippen LogP contribution is 2.50. The summed E-state index contributed by atoms with van der Waals surface area (Å²) in [6, 6.07) is 9.59. The monoisotopic (exact) mass is 705 g/mol. The molecule has 0 unspecified atom stereocenters. The Bertz CT molecular complexity index is 2010. The number of rotatable bonds is 10. The number of carbonyl (C=O) groups excluding carboxylic acids is 1. The lowest BCUT2D eigenvalue weighted by atomic mass is 9.93. The first-order valence-corrected chi connectivity index (χ1v) is 15.7. The van der Waals surface area contributed by atoms with Crippen LogP contribution < -0.4 is 29.7 Å². The van der Waals surface area contributed by atoms with Gasteiger partial charge in [0, 0.05) is 24.1 Å². The van der Waals surface area contributed by atoms with E-state index in [2.05, 4.69) is 25.5 Å². The van der Waals surface area contributed by atoms with Gasteiger partial charge in [-0.3, -0.25) is 9.59 Å². The van der Waals surface area contributed by atoms with Gasteiger partial charge in [0.2, 0.25) is 17.1 Å². The van der Waals surface area contributed by atoms with Crippen LogP contribution in [0.4, 0.5) is 8.78 Å². The Morgan fingerprint density at radius 2 is 1.55 bits per heavy atom. The molecule has 16 heteroatoms. The van der Waals surface area contributed by atoms with Crippen molar-refractivity contribution in [3.63, 3.8) is 0 Å². The third kappa shape index (κ3) is 7.96. The lowest BCUT2D eigenvalue weighted by Crippen LogP contribution is -2.37. The Morgan fingerprint density at radius 1 is 0.902 bits per heavy atom. The maximum atomic E-state index is 14.1. The van der Waals surface area contributed by atoms with E-state index in [9.17, 15) is 23.5 Å². The van der Waals surface area contributed by atoms with Crippen LogP contribution in [0.15, 0.2) is 72.6 Å². The molecule has 1 atom stereocenters. The van der Waals surface area contributed by atoms with E-state index >= 15 is 0 Å². The van der Waals surface area contributed by atoms with Crippen LogP contribution in [0.5, 0.6) is 23.0 Å². The van der Waals surface area contributed by atoms with E-state index in [0.717, 1.165) is 28.8 Å². The maximum absolute atomic E-state index is 14.1. The molecular formula is C35H37F2N7O7. The highest BCUT2D eigenvalue weighted by molar-refractivity contribution is 5.83. The highest BCUT2D eigenvalue weighted by atomic mass is 19.1. The van der Waals surface area contributed by atoms with E-state index in [1.807, 2.05) is 12.1 Å². The number of nitrogens with one attached hydrogen (secondary N) is 1. The predicted molar refractivity (Wildman–Crippen MR) is 180 cm³/mol. The number of carbonyl (C=O) groups is 1. The first kappa shape index (κ1) is 36.4. The minimum atomic E-state index is -1.70. The Morgan fingerprint density at radius 3 is 2.08 bits per heavy atom. The molecule has 0 saturated heterocycles. The molecule has 2 N–H and O–H groups in total. The van der Waals surface area contributed by atoms with Crippen molar-refractivity contribution >= 4 is 5.91 Å². The van der Waals surface area contributed by atoms with Gasteiger partial charge in [-0.15, -0.1) is 0 Å². The van der Waals surface area contributed by atoms with Crippen molar-refractivity contribution in [1.29, 1.82) is 0 Å². The topological polar surface area (TPSA) is 165 Å². The number of hydrogen-bond donors (Lipinski definition) is 2. The second-order valence-electron chi connectivity index (χ2n) is 11.6. The molecule has 3 aromatic carbocycles. The van der Waals surface area contributed by atoms with Crippen molar-refractivity contribution in [3.8, 4) is 34.1 Å². The van der Waals surface area contributed by atoms with E-state index in [1.54, 1.807) is 27.4 Å². The molecule has 2 heterocycles. The molecule has 0 bridgehead atoms. The van der Waals surface area contributed by atoms with Crippen molar-refractivity contribution in [2.45, 2.75) is 44.5 Å². The molecule has 1 amide bonds. The summed E-state index contributed by atoms with van der Waals surface area (Å²) in [6.45, 7) is 1.32. The number of hydrogen-bond acceptors (Lipinski definition) is 11. The number of methoxy groups -OCH3 is 4. The zero-order valence-corrected chi connectivity index (χ0v) is 28.6. The number of fused-ring (bicyclic) bond motifs is 3. The minimum Gasteiger partial charge on any atom is -0.493 e. The number of aryl methyl sites for hydroxylation is 1. The molecule has 268 valence electrons. The van der Waals surface area contributed by atoms with Gasteiger partial charge < -0.3 is 29.4 Å². The van der Waals surface area contributed by atoms with Crippen LogP contribution in [0.3, 0.4) is 0 Å². The lowest BCUT2D eigenvalue weighted by molar-refractivity contribution is -0.119. The van der Waals surface area contributed by atoms with E-state index < -0.39 is 17.2 Å². The normalized spacial score (nSPS) is 13.5. The summed E-state index contributed by atoms with van der Waals surface area (Å²) >= 11 is 0. The average molecular weight is 706 g/mol. The molecule has 0 aliphatic heterocycles. The van der Waals surface area contributed by atoms with Crippen LogP contribution in [-0.2, 0) is 29.9 Å². The van der Waals surface area contributed by atoms with Crippen molar-refractivity contribution in [1.82, 2.24) is 34.8 Å². The van der Waals surface area contributed by atoms with E-state index in [1.165, 1.54) is 60.8 Å². The fourth-order valence-electron chi connectivity index (χ4n) is 6.11. The van der Waals surface area contributed by atoms with Crippen molar-refractivity contribution in [2.24, 2.45) is 0 Å². The number of benzene rings is 2. The van der Waals surface area contributed by atoms with Crippen LogP contribution in [0.1, 0.15) is 36.1 Å². The van der Waals surface area contributed by atoms with Gasteiger partial charge >= 0.3 is 0 Å². The van der Waals surface area contributed by atoms with Crippen LogP contribution in [0.2, 0.25) is 0 Å². The van der Waals surface area contributed by atoms with Gasteiger partial charge in [0.1, 0.15) is 42.5 Å². The van der Waals surface area contributed by atoms with Gasteiger partial charge in [-0.2, -0.15) is 10.2 Å². The van der Waals surface area contributed by atoms with Gasteiger partial charge in [0.25, 0.3) is 0 Å². The number of ether oxygens (including phenoxy) is 4. The molecule has 2 aromatic heterocycles. The van der Waals surface area contributed by atoms with Crippen LogP contribution in [0, 0.1) is 11.6 Å². The molecule has 0 radical (unpaired) electrons. The molecule has 0 saturated carbocycles. The molecule has 51 heavy (non-hydrogen) atoms. The lowest BCUT2D eigenvalue weighted by Gasteiger charge is -2.28. The van der Waals surface area contributed by atoms with Gasteiger partial charge in [-0.25, -0.2) is 28.1 Å². The largest absolute Gasteiger partial charge is 0.493 e. The smallest absolute Gasteiger partial charge is 0.220 e. The van der Waals surface area contributed by atoms with E-state index in [4.69, 9.17) is 18.9 Å². The second-order valence-corrected chi connectivity index (χ2v) is 11.6. The highest BCUT2D eigenvalue weighted by Gasteiger charge is 2.35. The minimum absolute atomic E-state index is 0.0556. The maximum Gasteiger partial charge on any atom is 0.220 e. The molecule has 5 aromatic rings. The number of aromatic nitrogens is 6. The summed E-state index contributed by atoms with van der Waals surface area (Å²) in [5.41, 5.74) is 1.26. The standard InChI is InChI=1S/C22H25NO6.C13H12F2N6O/c1-12(24)23-16-8-6-13-10-19(27-3)21(28-4)22(29-5)20(13)14-7-9-18(26-2)17(25)11-15(14)16;14-10-1-2-11(12(15)3-10)13(22,4-20-8-16-6-18-20)5-21-9-17-7-19-21/h7,9-11,16H,6,8H2,1-5H3,(H,23,24);1-3,6-9,22H,4-5H2/t16-;/m0./s1. The molecule has 0 fully saturated rings. The molecule has 1 aliphatic rings. The summed E-state index contributed by atoms with van der Waals surface area (Å²) in [5.74, 6) is 0.0427. The molecule has 0 spiro atoms. The third-order valence-corrected chi connectivity index (χ3v) is 8.31. The number of halogens is 2. The van der Waals surface area contributed by atoms with E-state index in [-0.39, 0.29) is 41.8 Å². The van der Waals surface area contributed by atoms with Crippen LogP contribution >= 0.6 is 0 Å². The first-order valence-electron chi connectivity index (χ1n) is 15.7. The van der Waals surface area contributed by atoms with Gasteiger partial charge in [-0.1, -0.05) is 12.1 Å². The molecule has 14 nitrogen and oxygen atoms in total. The Kier molecular flexibility index (Phi) is 11.2. The van der Waals surface area contributed by atoms with Crippen LogP contribution in [0.25, 0.3) is 11.1 Å². The van der Waals surface area contributed by atoms with Gasteiger partial charge in [-0.05, 0) is 53.8 Å². The van der Waals surface area contributed by atoms with Crippen molar-refractivity contribution in [2.75, 3.05) is 28.4 Å². The van der Waals surface area contributed by atoms with Crippen LogP contribution in [-0.4, -0.2) is 69.0 Å². The third-order valence-electron chi connectivity index (χ3n) is 8.31. The fraction of sp³-hybridized carbons (Fsp3) is 0.314. The molecular weight excluding hydrogens is 668 g/mol. The average Bonchev–Trinajstić information content (AvgIpc) is 3.76. The number of amides is 1. The quantitative estimate of drug-likeness (QED) is 0.218. The number of aliphatic hydroxyl groups is 1. The predicted octanol–water partition coefficient (Wildman–Crippen LogP) is 3.61. The van der Waals surface area contributed by atoms with Crippen molar-refractivity contribution in [3.05, 3.63) is 106 Å². The summed E-state index contributed by atoms with van der Waals surface area (Å²) < 4.78 is 51.9. The zero-order chi connectivity index (χ0) is 36.7. The zero-order valence-electron chi connectivity index (χ0n) is 28.6. The second kappa shape index (κ2) is 15.8. The van der Waals surface area contributed by atoms with Gasteiger partial charge in [0.05, 0.1) is 47.6 Å². The Hall–Kier alpha value is -5.90. The summed E-state index contributed by atoms with van der Waals surface area (Å²) in [5, 5.41) is 21.7. The summed E-state index contributed by atoms with van der Waals surface area (Å²) in [7, 11) is 6.14.